The zero-order chi connectivity index (χ0) is 12.2. The molecular weight excluding hydrogens is 198 g/mol. The molecule has 0 fully saturated rings. The van der Waals surface area contributed by atoms with Crippen molar-refractivity contribution in [3.8, 4) is 0 Å². The van der Waals surface area contributed by atoms with Crippen LogP contribution >= 0.6 is 0 Å². The van der Waals surface area contributed by atoms with Crippen molar-refractivity contribution < 1.29 is 5.11 Å². The molecule has 0 bridgehead atoms. The average molecular weight is 221 g/mol. The molecule has 0 radical (unpaired) electrons. The Morgan fingerprint density at radius 1 is 1.31 bits per heavy atom. The van der Waals surface area contributed by atoms with E-state index in [0.717, 1.165) is 13.0 Å². The lowest BCUT2D eigenvalue weighted by molar-refractivity contribution is 0.0446. The van der Waals surface area contributed by atoms with Gasteiger partial charge in [0.1, 0.15) is 0 Å². The minimum atomic E-state index is -0.661. The fourth-order valence-corrected chi connectivity index (χ4v) is 1.56. The van der Waals surface area contributed by atoms with Gasteiger partial charge in [-0.1, -0.05) is 24.3 Å². The van der Waals surface area contributed by atoms with E-state index in [2.05, 4.69) is 36.5 Å². The largest absolute Gasteiger partial charge is 0.389 e. The van der Waals surface area contributed by atoms with Crippen molar-refractivity contribution in [3.63, 3.8) is 0 Å². The van der Waals surface area contributed by atoms with Gasteiger partial charge in [-0.3, -0.25) is 0 Å². The molecule has 2 heteroatoms. The second kappa shape index (κ2) is 5.46. The van der Waals surface area contributed by atoms with Crippen molar-refractivity contribution in [2.75, 3.05) is 6.54 Å². The summed E-state index contributed by atoms with van der Waals surface area (Å²) in [5.74, 6) is 0. The van der Waals surface area contributed by atoms with Crippen molar-refractivity contribution in [3.05, 3.63) is 35.4 Å². The van der Waals surface area contributed by atoms with E-state index in [1.54, 1.807) is 0 Å². The Morgan fingerprint density at radius 2 is 1.94 bits per heavy atom. The van der Waals surface area contributed by atoms with Crippen LogP contribution in [0.25, 0.3) is 0 Å². The Labute approximate surface area is 98.7 Å². The first-order valence-electron chi connectivity index (χ1n) is 5.91. The molecule has 0 aromatic heterocycles. The Hall–Kier alpha value is -0.860. The fourth-order valence-electron chi connectivity index (χ4n) is 1.56. The summed E-state index contributed by atoms with van der Waals surface area (Å²) in [5.41, 5.74) is 2.05. The smallest absolute Gasteiger partial charge is 0.0741 e. The van der Waals surface area contributed by atoms with E-state index in [9.17, 15) is 5.11 Å². The molecule has 0 aliphatic heterocycles. The maximum absolute atomic E-state index is 9.78. The molecule has 1 aromatic carbocycles. The number of hydrogen-bond donors (Lipinski definition) is 2. The zero-order valence-electron chi connectivity index (χ0n) is 10.7. The highest BCUT2D eigenvalue weighted by molar-refractivity contribution is 5.25. The Morgan fingerprint density at radius 3 is 2.50 bits per heavy atom. The van der Waals surface area contributed by atoms with Crippen LogP contribution in [-0.2, 0) is 6.42 Å². The van der Waals surface area contributed by atoms with Crippen molar-refractivity contribution in [1.82, 2.24) is 5.32 Å². The molecule has 1 atom stereocenters. The number of benzene rings is 1. The van der Waals surface area contributed by atoms with Gasteiger partial charge in [0.25, 0.3) is 0 Å². The van der Waals surface area contributed by atoms with E-state index in [4.69, 9.17) is 0 Å². The summed E-state index contributed by atoms with van der Waals surface area (Å²) in [6, 6.07) is 8.53. The Balaban J connectivity index is 2.40. The summed E-state index contributed by atoms with van der Waals surface area (Å²) in [6.45, 7) is 8.71. The van der Waals surface area contributed by atoms with Crippen LogP contribution in [0, 0.1) is 6.92 Å². The third-order valence-electron chi connectivity index (χ3n) is 3.17. The topological polar surface area (TPSA) is 32.3 Å². The Bertz CT molecular complexity index is 328. The highest BCUT2D eigenvalue weighted by Crippen LogP contribution is 2.09. The summed E-state index contributed by atoms with van der Waals surface area (Å²) in [7, 11) is 0. The van der Waals surface area contributed by atoms with Gasteiger partial charge in [-0.2, -0.15) is 0 Å². The molecule has 1 aromatic rings. The predicted molar refractivity (Wildman–Crippen MR) is 68.6 cm³/mol. The van der Waals surface area contributed by atoms with Crippen molar-refractivity contribution >= 4 is 0 Å². The number of aliphatic hydroxyl groups is 1. The van der Waals surface area contributed by atoms with E-state index in [0.29, 0.717) is 0 Å². The lowest BCUT2D eigenvalue weighted by atomic mass is 10.0. The molecule has 2 nitrogen and oxygen atoms in total. The molecule has 16 heavy (non-hydrogen) atoms. The third-order valence-corrected chi connectivity index (χ3v) is 3.17. The number of aryl methyl sites for hydroxylation is 1. The predicted octanol–water partition coefficient (Wildman–Crippen LogP) is 2.29. The first-order valence-corrected chi connectivity index (χ1v) is 5.91. The van der Waals surface area contributed by atoms with Gasteiger partial charge in [-0.25, -0.2) is 0 Å². The fraction of sp³-hybridized carbons (Fsp3) is 0.571. The first kappa shape index (κ1) is 13.2. The molecule has 0 aliphatic carbocycles. The summed E-state index contributed by atoms with van der Waals surface area (Å²) in [6.07, 6.45) is 1.01. The van der Waals surface area contributed by atoms with Crippen LogP contribution in [0.2, 0.25) is 0 Å². The molecule has 0 amide bonds. The monoisotopic (exact) mass is 221 g/mol. The van der Waals surface area contributed by atoms with Gasteiger partial charge in [-0.15, -0.1) is 0 Å². The van der Waals surface area contributed by atoms with Gasteiger partial charge in [0, 0.05) is 6.04 Å². The zero-order valence-corrected chi connectivity index (χ0v) is 10.7. The molecule has 0 heterocycles. The normalized spacial score (nSPS) is 13.8. The van der Waals surface area contributed by atoms with Crippen LogP contribution in [0.3, 0.4) is 0 Å². The molecule has 0 saturated carbocycles. The van der Waals surface area contributed by atoms with E-state index >= 15 is 0 Å². The molecule has 90 valence electrons. The number of hydrogen-bond acceptors (Lipinski definition) is 2. The van der Waals surface area contributed by atoms with Crippen molar-refractivity contribution in [2.45, 2.75) is 45.8 Å². The quantitative estimate of drug-likeness (QED) is 0.799. The van der Waals surface area contributed by atoms with Gasteiger partial charge >= 0.3 is 0 Å². The van der Waals surface area contributed by atoms with Gasteiger partial charge in [0.05, 0.1) is 5.60 Å². The van der Waals surface area contributed by atoms with E-state index in [1.165, 1.54) is 11.1 Å². The third kappa shape index (κ3) is 3.95. The van der Waals surface area contributed by atoms with Crippen LogP contribution in [0.1, 0.15) is 31.9 Å². The summed E-state index contributed by atoms with van der Waals surface area (Å²) in [5, 5.41) is 13.1. The minimum absolute atomic E-state index is 0.108. The maximum atomic E-state index is 9.78. The molecule has 2 N–H and O–H groups in total. The van der Waals surface area contributed by atoms with Gasteiger partial charge < -0.3 is 10.4 Å². The van der Waals surface area contributed by atoms with Crippen LogP contribution in [-0.4, -0.2) is 23.3 Å². The maximum Gasteiger partial charge on any atom is 0.0741 e. The van der Waals surface area contributed by atoms with Crippen molar-refractivity contribution in [1.29, 1.82) is 0 Å². The van der Waals surface area contributed by atoms with Gasteiger partial charge in [0.15, 0.2) is 0 Å². The first-order chi connectivity index (χ1) is 7.41. The van der Waals surface area contributed by atoms with Gasteiger partial charge in [0.2, 0.25) is 0 Å². The van der Waals surface area contributed by atoms with Crippen LogP contribution in [0.15, 0.2) is 24.3 Å². The molecular formula is C14H23NO. The Kier molecular flexibility index (Phi) is 4.51. The summed E-state index contributed by atoms with van der Waals surface area (Å²) >= 11 is 0. The molecule has 0 spiro atoms. The minimum Gasteiger partial charge on any atom is -0.389 e. The summed E-state index contributed by atoms with van der Waals surface area (Å²) in [4.78, 5) is 0. The second-order valence-corrected chi connectivity index (χ2v) is 5.01. The molecule has 0 aliphatic rings. The lowest BCUT2D eigenvalue weighted by Crippen LogP contribution is -2.45. The second-order valence-electron chi connectivity index (χ2n) is 5.01. The highest BCUT2D eigenvalue weighted by atomic mass is 16.3. The molecule has 1 rings (SSSR count). The van der Waals surface area contributed by atoms with Crippen LogP contribution in [0.4, 0.5) is 0 Å². The van der Waals surface area contributed by atoms with E-state index in [-0.39, 0.29) is 6.04 Å². The lowest BCUT2D eigenvalue weighted by Gasteiger charge is -2.26. The molecule has 0 saturated heterocycles. The molecule has 1 unspecified atom stereocenters. The average Bonchev–Trinajstić information content (AvgIpc) is 2.19. The van der Waals surface area contributed by atoms with Crippen LogP contribution < -0.4 is 5.32 Å². The SMILES string of the molecule is Cc1ccccc1CCNC(C)C(C)(C)O. The van der Waals surface area contributed by atoms with E-state index < -0.39 is 5.60 Å². The van der Waals surface area contributed by atoms with E-state index in [1.807, 2.05) is 20.8 Å². The highest BCUT2D eigenvalue weighted by Gasteiger charge is 2.21. The number of nitrogens with one attached hydrogen (secondary N) is 1. The number of rotatable bonds is 5. The van der Waals surface area contributed by atoms with Crippen LogP contribution in [0.5, 0.6) is 0 Å². The summed E-state index contributed by atoms with van der Waals surface area (Å²) < 4.78 is 0. The van der Waals surface area contributed by atoms with Crippen molar-refractivity contribution in [2.24, 2.45) is 0 Å². The van der Waals surface area contributed by atoms with Gasteiger partial charge in [-0.05, 0) is 51.8 Å². The standard InChI is InChI=1S/C14H23NO/c1-11-7-5-6-8-13(11)9-10-15-12(2)14(3,4)16/h5-8,12,15-16H,9-10H2,1-4H3.